The van der Waals surface area contributed by atoms with Gasteiger partial charge in [0.1, 0.15) is 0 Å². The Morgan fingerprint density at radius 3 is 2.86 bits per heavy atom. The molecule has 1 amide bonds. The van der Waals surface area contributed by atoms with Crippen LogP contribution in [0, 0.1) is 6.92 Å². The third kappa shape index (κ3) is 2.52. The van der Waals surface area contributed by atoms with Crippen molar-refractivity contribution in [2.45, 2.75) is 20.3 Å². The van der Waals surface area contributed by atoms with E-state index in [1.165, 1.54) is 0 Å². The number of nitrogens with one attached hydrogen (secondary N) is 2. The fourth-order valence-corrected chi connectivity index (χ4v) is 2.43. The summed E-state index contributed by atoms with van der Waals surface area (Å²) in [7, 11) is 0. The van der Waals surface area contributed by atoms with Gasteiger partial charge in [0.05, 0.1) is 5.52 Å². The number of amides is 1. The Labute approximate surface area is 123 Å². The van der Waals surface area contributed by atoms with Gasteiger partial charge in [0.25, 0.3) is 5.91 Å². The number of H-pyrrole nitrogens is 1. The van der Waals surface area contributed by atoms with Crippen LogP contribution in [0.15, 0.2) is 42.5 Å². The molecule has 1 aromatic heterocycles. The summed E-state index contributed by atoms with van der Waals surface area (Å²) in [6.07, 6.45) is 0.872. The van der Waals surface area contributed by atoms with E-state index in [4.69, 9.17) is 0 Å². The summed E-state index contributed by atoms with van der Waals surface area (Å²) in [5.74, 6) is -0.187. The molecule has 1 heterocycles. The lowest BCUT2D eigenvalue weighted by Gasteiger charge is -2.08. The second-order valence-electron chi connectivity index (χ2n) is 5.09. The van der Waals surface area contributed by atoms with Gasteiger partial charge in [0.2, 0.25) is 0 Å². The molecule has 0 aliphatic carbocycles. The lowest BCUT2D eigenvalue weighted by molar-refractivity contribution is 0.102. The standard InChI is InChI=1S/C17H17N3O/c1-3-12-6-4-5-7-14(12)18-17(21)16-13-10-11(2)8-9-15(13)19-20-16/h4-10H,3H2,1-2H3,(H,18,21)(H,19,20). The Kier molecular flexibility index (Phi) is 3.44. The van der Waals surface area contributed by atoms with Crippen LogP contribution in [0.1, 0.15) is 28.5 Å². The second kappa shape index (κ2) is 5.40. The molecule has 0 bridgehead atoms. The zero-order valence-electron chi connectivity index (χ0n) is 12.1. The zero-order valence-corrected chi connectivity index (χ0v) is 12.1. The molecule has 0 aliphatic rings. The van der Waals surface area contributed by atoms with Crippen molar-refractivity contribution in [3.05, 3.63) is 59.3 Å². The minimum atomic E-state index is -0.187. The summed E-state index contributed by atoms with van der Waals surface area (Å²) >= 11 is 0. The van der Waals surface area contributed by atoms with Gasteiger partial charge >= 0.3 is 0 Å². The number of hydrogen-bond donors (Lipinski definition) is 2. The van der Waals surface area contributed by atoms with Crippen LogP contribution in [0.2, 0.25) is 0 Å². The molecular formula is C17H17N3O. The van der Waals surface area contributed by atoms with Crippen molar-refractivity contribution in [3.8, 4) is 0 Å². The monoisotopic (exact) mass is 279 g/mol. The van der Waals surface area contributed by atoms with Crippen LogP contribution in [-0.4, -0.2) is 16.1 Å². The molecule has 0 atom stereocenters. The van der Waals surface area contributed by atoms with Gasteiger partial charge in [-0.1, -0.05) is 36.8 Å². The first-order valence-electron chi connectivity index (χ1n) is 7.03. The fourth-order valence-electron chi connectivity index (χ4n) is 2.43. The van der Waals surface area contributed by atoms with Crippen LogP contribution < -0.4 is 5.32 Å². The SMILES string of the molecule is CCc1ccccc1NC(=O)c1n[nH]c2ccc(C)cc12. The lowest BCUT2D eigenvalue weighted by atomic mass is 10.1. The molecule has 4 heteroatoms. The minimum absolute atomic E-state index is 0.187. The van der Waals surface area contributed by atoms with E-state index in [2.05, 4.69) is 22.4 Å². The van der Waals surface area contributed by atoms with Crippen LogP contribution in [0.4, 0.5) is 5.69 Å². The number of benzene rings is 2. The summed E-state index contributed by atoms with van der Waals surface area (Å²) in [6, 6.07) is 13.7. The Hall–Kier alpha value is -2.62. The third-order valence-corrected chi connectivity index (χ3v) is 3.58. The summed E-state index contributed by atoms with van der Waals surface area (Å²) in [5.41, 5.74) is 4.36. The van der Waals surface area contributed by atoms with Gasteiger partial charge < -0.3 is 5.32 Å². The molecule has 0 aliphatic heterocycles. The van der Waals surface area contributed by atoms with Gasteiger partial charge in [0.15, 0.2) is 5.69 Å². The highest BCUT2D eigenvalue weighted by atomic mass is 16.1. The number of rotatable bonds is 3. The number of aromatic amines is 1. The number of hydrogen-bond acceptors (Lipinski definition) is 2. The Morgan fingerprint density at radius 1 is 1.24 bits per heavy atom. The van der Waals surface area contributed by atoms with E-state index >= 15 is 0 Å². The van der Waals surface area contributed by atoms with Crippen molar-refractivity contribution in [2.24, 2.45) is 0 Å². The quantitative estimate of drug-likeness (QED) is 0.768. The molecule has 4 nitrogen and oxygen atoms in total. The highest BCUT2D eigenvalue weighted by Crippen LogP contribution is 2.20. The normalized spacial score (nSPS) is 10.8. The number of fused-ring (bicyclic) bond motifs is 1. The topological polar surface area (TPSA) is 57.8 Å². The fraction of sp³-hybridized carbons (Fsp3) is 0.176. The first-order chi connectivity index (χ1) is 10.2. The molecule has 21 heavy (non-hydrogen) atoms. The van der Waals surface area contributed by atoms with E-state index < -0.39 is 0 Å². The summed E-state index contributed by atoms with van der Waals surface area (Å²) in [6.45, 7) is 4.07. The molecule has 0 saturated carbocycles. The number of carbonyl (C=O) groups is 1. The summed E-state index contributed by atoms with van der Waals surface area (Å²) < 4.78 is 0. The van der Waals surface area contributed by atoms with E-state index in [0.717, 1.165) is 34.1 Å². The molecule has 0 spiro atoms. The number of aryl methyl sites for hydroxylation is 2. The molecule has 0 radical (unpaired) electrons. The van der Waals surface area contributed by atoms with Gasteiger partial charge in [-0.05, 0) is 37.1 Å². The molecule has 2 aromatic carbocycles. The maximum Gasteiger partial charge on any atom is 0.276 e. The summed E-state index contributed by atoms with van der Waals surface area (Å²) in [4.78, 5) is 12.5. The highest BCUT2D eigenvalue weighted by Gasteiger charge is 2.15. The van der Waals surface area contributed by atoms with Crippen molar-refractivity contribution >= 4 is 22.5 Å². The minimum Gasteiger partial charge on any atom is -0.320 e. The van der Waals surface area contributed by atoms with Crippen molar-refractivity contribution < 1.29 is 4.79 Å². The molecule has 106 valence electrons. The van der Waals surface area contributed by atoms with E-state index in [9.17, 15) is 4.79 Å². The molecule has 3 aromatic rings. The predicted molar refractivity (Wildman–Crippen MR) is 84.6 cm³/mol. The van der Waals surface area contributed by atoms with E-state index in [0.29, 0.717) is 5.69 Å². The maximum atomic E-state index is 12.5. The number of anilines is 1. The Morgan fingerprint density at radius 2 is 2.05 bits per heavy atom. The average Bonchev–Trinajstić information content (AvgIpc) is 2.90. The van der Waals surface area contributed by atoms with Gasteiger partial charge in [-0.25, -0.2) is 0 Å². The smallest absolute Gasteiger partial charge is 0.276 e. The molecule has 0 fully saturated rings. The van der Waals surface area contributed by atoms with Crippen molar-refractivity contribution in [1.29, 1.82) is 0 Å². The Balaban J connectivity index is 1.96. The van der Waals surface area contributed by atoms with Gasteiger partial charge in [0, 0.05) is 11.1 Å². The third-order valence-electron chi connectivity index (χ3n) is 3.58. The van der Waals surface area contributed by atoms with Gasteiger partial charge in [-0.15, -0.1) is 0 Å². The van der Waals surface area contributed by atoms with Gasteiger partial charge in [-0.3, -0.25) is 9.89 Å². The van der Waals surface area contributed by atoms with Crippen molar-refractivity contribution in [1.82, 2.24) is 10.2 Å². The molecule has 2 N–H and O–H groups in total. The molecule has 3 rings (SSSR count). The zero-order chi connectivity index (χ0) is 14.8. The van der Waals surface area contributed by atoms with Crippen LogP contribution >= 0.6 is 0 Å². The number of carbonyl (C=O) groups excluding carboxylic acids is 1. The highest BCUT2D eigenvalue weighted by molar-refractivity contribution is 6.11. The largest absolute Gasteiger partial charge is 0.320 e. The van der Waals surface area contributed by atoms with Crippen LogP contribution in [-0.2, 0) is 6.42 Å². The molecular weight excluding hydrogens is 262 g/mol. The Bertz CT molecular complexity index is 805. The first kappa shape index (κ1) is 13.4. The lowest BCUT2D eigenvalue weighted by Crippen LogP contribution is -2.14. The van der Waals surface area contributed by atoms with E-state index in [1.807, 2.05) is 49.4 Å². The van der Waals surface area contributed by atoms with Crippen molar-refractivity contribution in [3.63, 3.8) is 0 Å². The number of aromatic nitrogens is 2. The molecule has 0 saturated heterocycles. The van der Waals surface area contributed by atoms with E-state index in [1.54, 1.807) is 0 Å². The van der Waals surface area contributed by atoms with E-state index in [-0.39, 0.29) is 5.91 Å². The summed E-state index contributed by atoms with van der Waals surface area (Å²) in [5, 5.41) is 10.9. The number of para-hydroxylation sites is 1. The second-order valence-corrected chi connectivity index (χ2v) is 5.09. The van der Waals surface area contributed by atoms with Gasteiger partial charge in [-0.2, -0.15) is 5.10 Å². The van der Waals surface area contributed by atoms with Crippen LogP contribution in [0.3, 0.4) is 0 Å². The van der Waals surface area contributed by atoms with Crippen LogP contribution in [0.25, 0.3) is 10.9 Å². The predicted octanol–water partition coefficient (Wildman–Crippen LogP) is 3.69. The van der Waals surface area contributed by atoms with Crippen LogP contribution in [0.5, 0.6) is 0 Å². The maximum absolute atomic E-state index is 12.5. The van der Waals surface area contributed by atoms with Crippen molar-refractivity contribution in [2.75, 3.05) is 5.32 Å². The first-order valence-corrected chi connectivity index (χ1v) is 7.03. The molecule has 0 unspecified atom stereocenters. The average molecular weight is 279 g/mol. The number of nitrogens with zero attached hydrogens (tertiary/aromatic N) is 1.